The van der Waals surface area contributed by atoms with E-state index < -0.39 is 0 Å². The van der Waals surface area contributed by atoms with Crippen LogP contribution in [0, 0.1) is 11.3 Å². The minimum atomic E-state index is -0.315. The van der Waals surface area contributed by atoms with E-state index in [0.717, 1.165) is 11.3 Å². The number of rotatable bonds is 7. The van der Waals surface area contributed by atoms with Gasteiger partial charge in [-0.15, -0.1) is 11.3 Å². The molecule has 5 nitrogen and oxygen atoms in total. The van der Waals surface area contributed by atoms with Gasteiger partial charge in [0, 0.05) is 6.54 Å². The van der Waals surface area contributed by atoms with Crippen molar-refractivity contribution in [1.29, 1.82) is 5.26 Å². The quantitative estimate of drug-likeness (QED) is 0.836. The lowest BCUT2D eigenvalue weighted by Crippen LogP contribution is -2.39. The molecule has 126 valence electrons. The molecule has 1 heterocycles. The normalized spacial score (nSPS) is 11.8. The number of nitriles is 1. The van der Waals surface area contributed by atoms with E-state index in [2.05, 4.69) is 11.4 Å². The lowest BCUT2D eigenvalue weighted by Gasteiger charge is -2.23. The smallest absolute Gasteiger partial charge is 0.242 e. The van der Waals surface area contributed by atoms with Crippen LogP contribution in [0.5, 0.6) is 5.75 Å². The van der Waals surface area contributed by atoms with Gasteiger partial charge in [0.25, 0.3) is 0 Å². The van der Waals surface area contributed by atoms with Crippen LogP contribution >= 0.6 is 11.3 Å². The minimum absolute atomic E-state index is 0.123. The highest BCUT2D eigenvalue weighted by Crippen LogP contribution is 2.22. The average molecular weight is 343 g/mol. The number of carbonyl (C=O) groups is 1. The zero-order valence-electron chi connectivity index (χ0n) is 14.1. The van der Waals surface area contributed by atoms with E-state index in [4.69, 9.17) is 10.00 Å². The standard InChI is InChI=1S/C18H21N3O2S/c1-4-23-16-7-5-14(6-8-16)12-21(3)13(2)17(22)20-18-15(11-19)9-10-24-18/h5-10,13H,4,12H2,1-3H3,(H,20,22)/t13-/m0/s1. The number of ether oxygens (including phenoxy) is 1. The largest absolute Gasteiger partial charge is 0.494 e. The monoisotopic (exact) mass is 343 g/mol. The lowest BCUT2D eigenvalue weighted by molar-refractivity contribution is -0.120. The fourth-order valence-corrected chi connectivity index (χ4v) is 2.93. The van der Waals surface area contributed by atoms with E-state index in [-0.39, 0.29) is 11.9 Å². The third kappa shape index (κ3) is 4.57. The highest BCUT2D eigenvalue weighted by Gasteiger charge is 2.19. The van der Waals surface area contributed by atoms with Crippen molar-refractivity contribution in [2.45, 2.75) is 26.4 Å². The van der Waals surface area contributed by atoms with Crippen molar-refractivity contribution in [3.05, 3.63) is 46.8 Å². The van der Waals surface area contributed by atoms with Gasteiger partial charge in [0.05, 0.1) is 18.2 Å². The molecule has 1 atom stereocenters. The Hall–Kier alpha value is -2.36. The summed E-state index contributed by atoms with van der Waals surface area (Å²) in [5, 5.41) is 14.2. The highest BCUT2D eigenvalue weighted by atomic mass is 32.1. The van der Waals surface area contributed by atoms with Gasteiger partial charge in [-0.05, 0) is 50.0 Å². The van der Waals surface area contributed by atoms with Gasteiger partial charge < -0.3 is 10.1 Å². The summed E-state index contributed by atoms with van der Waals surface area (Å²) in [6.07, 6.45) is 0. The molecule has 1 aromatic heterocycles. The second kappa shape index (κ2) is 8.48. The number of hydrogen-bond donors (Lipinski definition) is 1. The van der Waals surface area contributed by atoms with Crippen LogP contribution < -0.4 is 10.1 Å². The Morgan fingerprint density at radius 2 is 2.08 bits per heavy atom. The van der Waals surface area contributed by atoms with Gasteiger partial charge in [-0.1, -0.05) is 12.1 Å². The molecule has 24 heavy (non-hydrogen) atoms. The van der Waals surface area contributed by atoms with Crippen molar-refractivity contribution in [3.8, 4) is 11.8 Å². The molecule has 0 radical (unpaired) electrons. The number of carbonyl (C=O) groups excluding carboxylic acids is 1. The van der Waals surface area contributed by atoms with E-state index in [9.17, 15) is 4.79 Å². The molecule has 1 amide bonds. The summed E-state index contributed by atoms with van der Waals surface area (Å²) in [6.45, 7) is 5.09. The molecule has 0 bridgehead atoms. The Balaban J connectivity index is 1.94. The van der Waals surface area contributed by atoms with Crippen molar-refractivity contribution in [2.75, 3.05) is 19.0 Å². The van der Waals surface area contributed by atoms with Crippen LogP contribution in [0.3, 0.4) is 0 Å². The van der Waals surface area contributed by atoms with Gasteiger partial charge in [0.2, 0.25) is 5.91 Å². The molecular weight excluding hydrogens is 322 g/mol. The number of likely N-dealkylation sites (N-methyl/N-ethyl adjacent to an activating group) is 1. The molecule has 1 N–H and O–H groups in total. The second-order valence-electron chi connectivity index (χ2n) is 5.43. The molecule has 2 aromatic rings. The molecular formula is C18H21N3O2S. The Labute approximate surface area is 146 Å². The summed E-state index contributed by atoms with van der Waals surface area (Å²) in [7, 11) is 1.90. The summed E-state index contributed by atoms with van der Waals surface area (Å²) >= 11 is 1.35. The predicted molar refractivity (Wildman–Crippen MR) is 96.2 cm³/mol. The Kier molecular flexibility index (Phi) is 6.36. The van der Waals surface area contributed by atoms with E-state index in [1.807, 2.05) is 50.1 Å². The van der Waals surface area contributed by atoms with Gasteiger partial charge in [-0.2, -0.15) is 5.26 Å². The molecule has 1 aromatic carbocycles. The average Bonchev–Trinajstić information content (AvgIpc) is 3.03. The van der Waals surface area contributed by atoms with Crippen LogP contribution in [0.15, 0.2) is 35.7 Å². The number of benzene rings is 1. The van der Waals surface area contributed by atoms with Crippen LogP contribution in [0.2, 0.25) is 0 Å². The number of amides is 1. The number of anilines is 1. The van der Waals surface area contributed by atoms with E-state index >= 15 is 0 Å². The van der Waals surface area contributed by atoms with Crippen LogP contribution in [0.25, 0.3) is 0 Å². The van der Waals surface area contributed by atoms with Gasteiger partial charge in [-0.3, -0.25) is 9.69 Å². The number of nitrogens with one attached hydrogen (secondary N) is 1. The fourth-order valence-electron chi connectivity index (χ4n) is 2.19. The third-order valence-corrected chi connectivity index (χ3v) is 4.56. The summed E-state index contributed by atoms with van der Waals surface area (Å²) in [4.78, 5) is 14.3. The highest BCUT2D eigenvalue weighted by molar-refractivity contribution is 7.14. The zero-order chi connectivity index (χ0) is 17.5. The van der Waals surface area contributed by atoms with Crippen molar-refractivity contribution < 1.29 is 9.53 Å². The number of nitrogens with zero attached hydrogens (tertiary/aromatic N) is 2. The van der Waals surface area contributed by atoms with Crippen LogP contribution in [0.4, 0.5) is 5.00 Å². The maximum atomic E-state index is 12.4. The molecule has 0 fully saturated rings. The minimum Gasteiger partial charge on any atom is -0.494 e. The van der Waals surface area contributed by atoms with Crippen LogP contribution in [-0.4, -0.2) is 30.5 Å². The van der Waals surface area contributed by atoms with Crippen molar-refractivity contribution >= 4 is 22.2 Å². The predicted octanol–water partition coefficient (Wildman–Crippen LogP) is 3.48. The summed E-state index contributed by atoms with van der Waals surface area (Å²) in [6, 6.07) is 11.3. The Morgan fingerprint density at radius 1 is 1.38 bits per heavy atom. The zero-order valence-corrected chi connectivity index (χ0v) is 14.9. The Bertz CT molecular complexity index is 719. The van der Waals surface area contributed by atoms with Crippen LogP contribution in [-0.2, 0) is 11.3 Å². The fraction of sp³-hybridized carbons (Fsp3) is 0.333. The summed E-state index contributed by atoms with van der Waals surface area (Å²) < 4.78 is 5.43. The van der Waals surface area contributed by atoms with Crippen molar-refractivity contribution in [2.24, 2.45) is 0 Å². The van der Waals surface area contributed by atoms with Crippen LogP contribution in [0.1, 0.15) is 25.0 Å². The maximum Gasteiger partial charge on any atom is 0.242 e. The lowest BCUT2D eigenvalue weighted by atomic mass is 10.2. The van der Waals surface area contributed by atoms with Crippen molar-refractivity contribution in [3.63, 3.8) is 0 Å². The molecule has 0 saturated heterocycles. The van der Waals surface area contributed by atoms with E-state index in [1.165, 1.54) is 11.3 Å². The first-order chi connectivity index (χ1) is 11.5. The summed E-state index contributed by atoms with van der Waals surface area (Å²) in [5.74, 6) is 0.721. The molecule has 0 unspecified atom stereocenters. The first-order valence-corrected chi connectivity index (χ1v) is 8.63. The topological polar surface area (TPSA) is 65.4 Å². The molecule has 6 heteroatoms. The molecule has 0 aliphatic carbocycles. The molecule has 2 rings (SSSR count). The molecule has 0 saturated carbocycles. The van der Waals surface area contributed by atoms with Gasteiger partial charge in [0.15, 0.2) is 0 Å². The number of thiophene rings is 1. The van der Waals surface area contributed by atoms with E-state index in [1.54, 1.807) is 11.4 Å². The molecule has 0 aliphatic rings. The van der Waals surface area contributed by atoms with Gasteiger partial charge in [-0.25, -0.2) is 0 Å². The Morgan fingerprint density at radius 3 is 2.71 bits per heavy atom. The number of hydrogen-bond acceptors (Lipinski definition) is 5. The molecule has 0 aliphatic heterocycles. The third-order valence-electron chi connectivity index (χ3n) is 3.73. The summed E-state index contributed by atoms with van der Waals surface area (Å²) in [5.41, 5.74) is 1.60. The SMILES string of the molecule is CCOc1ccc(CN(C)[C@@H](C)C(=O)Nc2sccc2C#N)cc1. The van der Waals surface area contributed by atoms with Gasteiger partial charge in [0.1, 0.15) is 16.8 Å². The van der Waals surface area contributed by atoms with Crippen molar-refractivity contribution in [1.82, 2.24) is 4.90 Å². The van der Waals surface area contributed by atoms with E-state index in [0.29, 0.717) is 23.7 Å². The first kappa shape index (κ1) is 18.0. The van der Waals surface area contributed by atoms with Gasteiger partial charge >= 0.3 is 0 Å². The maximum absolute atomic E-state index is 12.4. The molecule has 0 spiro atoms. The second-order valence-corrected chi connectivity index (χ2v) is 6.35. The first-order valence-electron chi connectivity index (χ1n) is 7.75.